The van der Waals surface area contributed by atoms with Crippen LogP contribution in [0.25, 0.3) is 27.7 Å². The predicted octanol–water partition coefficient (Wildman–Crippen LogP) is 4.97. The molecule has 0 unspecified atom stereocenters. The minimum Gasteiger partial charge on any atom is -0.492 e. The summed E-state index contributed by atoms with van der Waals surface area (Å²) in [6.45, 7) is 4.91. The van der Waals surface area contributed by atoms with E-state index >= 15 is 0 Å². The van der Waals surface area contributed by atoms with E-state index in [2.05, 4.69) is 37.6 Å². The number of anilines is 1. The van der Waals surface area contributed by atoms with Gasteiger partial charge in [0.2, 0.25) is 0 Å². The van der Waals surface area contributed by atoms with Crippen LogP contribution < -0.4 is 15.0 Å². The van der Waals surface area contributed by atoms with Crippen LogP contribution in [0.2, 0.25) is 5.02 Å². The Kier molecular flexibility index (Phi) is 6.07. The van der Waals surface area contributed by atoms with Gasteiger partial charge < -0.3 is 15.0 Å². The van der Waals surface area contributed by atoms with Gasteiger partial charge in [-0.1, -0.05) is 17.7 Å². The topological polar surface area (TPSA) is 100 Å². The highest BCUT2D eigenvalue weighted by Crippen LogP contribution is 2.54. The van der Waals surface area contributed by atoms with Crippen molar-refractivity contribution in [3.05, 3.63) is 71.4 Å². The van der Waals surface area contributed by atoms with Crippen LogP contribution in [0, 0.1) is 23.6 Å². The van der Waals surface area contributed by atoms with Crippen molar-refractivity contribution in [3.63, 3.8) is 0 Å². The molecule has 1 saturated carbocycles. The first kappa shape index (κ1) is 24.8. The molecule has 5 aromatic rings. The number of piperidine rings is 1. The number of pyridine rings is 2. The van der Waals surface area contributed by atoms with Crippen LogP contribution in [0.3, 0.4) is 0 Å². The lowest BCUT2D eigenvalue weighted by Crippen LogP contribution is -2.28. The first-order valence-electron chi connectivity index (χ1n) is 13.4. The van der Waals surface area contributed by atoms with E-state index in [-0.39, 0.29) is 10.6 Å². The number of aromatic amines is 1. The molecule has 204 valence electrons. The molecule has 1 aliphatic heterocycles. The molecule has 7 rings (SSSR count). The van der Waals surface area contributed by atoms with Crippen LogP contribution in [0.1, 0.15) is 23.7 Å². The predicted molar refractivity (Wildman–Crippen MR) is 150 cm³/mol. The summed E-state index contributed by atoms with van der Waals surface area (Å²) < 4.78 is 21.6. The Labute approximate surface area is 234 Å². The lowest BCUT2D eigenvalue weighted by atomic mass is 10.1. The summed E-state index contributed by atoms with van der Waals surface area (Å²) in [4.78, 5) is 19.5. The Hall–Kier alpha value is -4.18. The molecule has 1 saturated heterocycles. The fraction of sp³-hybridized carbons (Fsp3) is 0.310. The number of nitrogens with one attached hydrogen (secondary N) is 2. The highest BCUT2D eigenvalue weighted by atomic mass is 35.5. The summed E-state index contributed by atoms with van der Waals surface area (Å²) in [5, 5.41) is 15.6. The zero-order valence-corrected chi connectivity index (χ0v) is 22.5. The van der Waals surface area contributed by atoms with Gasteiger partial charge in [0.25, 0.3) is 5.91 Å². The van der Waals surface area contributed by atoms with Crippen LogP contribution in [0.5, 0.6) is 5.75 Å². The number of carbonyl (C=O) groups is 1. The molecule has 2 fully saturated rings. The fourth-order valence-corrected chi connectivity index (χ4v) is 6.41. The number of nitrogens with zero attached hydrogens (tertiary/aromatic N) is 5. The summed E-state index contributed by atoms with van der Waals surface area (Å²) in [7, 11) is 0. The van der Waals surface area contributed by atoms with Crippen molar-refractivity contribution in [2.45, 2.75) is 13.3 Å². The number of ether oxygens (including phenoxy) is 1. The Morgan fingerprint density at radius 2 is 2.08 bits per heavy atom. The molecule has 2 aliphatic rings. The number of hydrogen-bond acceptors (Lipinski definition) is 6. The van der Waals surface area contributed by atoms with Crippen molar-refractivity contribution >= 4 is 39.9 Å². The first-order valence-corrected chi connectivity index (χ1v) is 13.8. The van der Waals surface area contributed by atoms with E-state index in [4.69, 9.17) is 21.3 Å². The van der Waals surface area contributed by atoms with E-state index in [0.717, 1.165) is 58.8 Å². The Morgan fingerprint density at radius 1 is 1.23 bits per heavy atom. The highest BCUT2D eigenvalue weighted by Gasteiger charge is 2.55. The molecule has 1 amide bonds. The number of H-pyrrole nitrogens is 1. The van der Waals surface area contributed by atoms with E-state index < -0.39 is 11.7 Å². The minimum absolute atomic E-state index is 0.0892. The molecule has 3 atom stereocenters. The highest BCUT2D eigenvalue weighted by molar-refractivity contribution is 6.33. The minimum atomic E-state index is -0.603. The SMILES string of the molecule is CCOc1cc(-c2ccc(N3C[C@@H]4[C@H](CCNC(=O)c5c(F)cccc5Cl)[C@@H]4C3)nc2)c2c3cn[nH]c3nn2c1. The quantitative estimate of drug-likeness (QED) is 0.278. The van der Waals surface area contributed by atoms with Crippen molar-refractivity contribution < 1.29 is 13.9 Å². The second-order valence-corrected chi connectivity index (χ2v) is 10.8. The number of benzene rings is 1. The van der Waals surface area contributed by atoms with Gasteiger partial charge in [0.15, 0.2) is 5.65 Å². The average molecular weight is 560 g/mol. The largest absolute Gasteiger partial charge is 0.492 e. The van der Waals surface area contributed by atoms with Gasteiger partial charge >= 0.3 is 0 Å². The summed E-state index contributed by atoms with van der Waals surface area (Å²) in [5.41, 5.74) is 3.55. The van der Waals surface area contributed by atoms with Gasteiger partial charge in [-0.05, 0) is 61.4 Å². The second-order valence-electron chi connectivity index (χ2n) is 10.4. The molecule has 40 heavy (non-hydrogen) atoms. The van der Waals surface area contributed by atoms with Gasteiger partial charge in [0.05, 0.1) is 40.5 Å². The smallest absolute Gasteiger partial charge is 0.255 e. The maximum Gasteiger partial charge on any atom is 0.255 e. The molecule has 4 aromatic heterocycles. The molecular weight excluding hydrogens is 533 g/mol. The maximum atomic E-state index is 14.0. The molecule has 5 heterocycles. The standard InChI is InChI=1S/C29H27ClFN7O2/c1-2-40-17-10-19(27-20-12-34-35-28(20)36-38(27)13-17)16-6-7-25(33-11-16)37-14-21-18(22(21)15-37)8-9-32-29(39)26-23(30)4-3-5-24(26)31/h3-7,10-13,18,21-22H,2,8-9,14-15H2,1H3,(H,32,39)(H,35,36)/t18-,21+,22-. The Balaban J connectivity index is 1.00. The molecular formula is C29H27ClFN7O2. The molecule has 1 aliphatic carbocycles. The zero-order chi connectivity index (χ0) is 27.4. The van der Waals surface area contributed by atoms with Crippen LogP contribution >= 0.6 is 11.6 Å². The van der Waals surface area contributed by atoms with Crippen molar-refractivity contribution in [2.24, 2.45) is 17.8 Å². The van der Waals surface area contributed by atoms with Gasteiger partial charge in [0, 0.05) is 37.0 Å². The second kappa shape index (κ2) is 9.78. The molecule has 0 radical (unpaired) electrons. The third-order valence-corrected chi connectivity index (χ3v) is 8.44. The van der Waals surface area contributed by atoms with Crippen LogP contribution in [-0.4, -0.2) is 56.9 Å². The van der Waals surface area contributed by atoms with E-state index in [1.807, 2.05) is 29.9 Å². The number of carbonyl (C=O) groups excluding carboxylic acids is 1. The van der Waals surface area contributed by atoms with Crippen molar-refractivity contribution in [1.29, 1.82) is 0 Å². The molecule has 0 bridgehead atoms. The molecule has 11 heteroatoms. The number of aromatic nitrogens is 5. The summed E-state index contributed by atoms with van der Waals surface area (Å²) in [5.74, 6) is 2.35. The number of fused-ring (bicyclic) bond motifs is 4. The van der Waals surface area contributed by atoms with Gasteiger partial charge in [-0.3, -0.25) is 9.89 Å². The molecule has 0 spiro atoms. The first-order chi connectivity index (χ1) is 19.5. The number of amides is 1. The van der Waals surface area contributed by atoms with Gasteiger partial charge in [0.1, 0.15) is 17.4 Å². The average Bonchev–Trinajstić information content (AvgIpc) is 3.34. The number of rotatable bonds is 8. The Morgan fingerprint density at radius 3 is 2.83 bits per heavy atom. The molecule has 1 aromatic carbocycles. The lowest BCUT2D eigenvalue weighted by Gasteiger charge is -2.21. The number of hydrogen-bond donors (Lipinski definition) is 2. The zero-order valence-electron chi connectivity index (χ0n) is 21.8. The summed E-state index contributed by atoms with van der Waals surface area (Å²) in [6, 6.07) is 10.4. The van der Waals surface area contributed by atoms with E-state index in [9.17, 15) is 9.18 Å². The number of halogens is 2. The van der Waals surface area contributed by atoms with Crippen LogP contribution in [0.4, 0.5) is 10.2 Å². The third-order valence-electron chi connectivity index (χ3n) is 8.12. The molecule has 2 N–H and O–H groups in total. The normalized spacial score (nSPS) is 19.8. The van der Waals surface area contributed by atoms with Crippen LogP contribution in [0.15, 0.2) is 55.0 Å². The van der Waals surface area contributed by atoms with Crippen molar-refractivity contribution in [3.8, 4) is 16.9 Å². The van der Waals surface area contributed by atoms with Crippen molar-refractivity contribution in [1.82, 2.24) is 30.1 Å². The summed E-state index contributed by atoms with van der Waals surface area (Å²) in [6.07, 6.45) is 6.44. The van der Waals surface area contributed by atoms with Gasteiger partial charge in [-0.15, -0.1) is 5.10 Å². The van der Waals surface area contributed by atoms with Crippen LogP contribution in [-0.2, 0) is 0 Å². The lowest BCUT2D eigenvalue weighted by molar-refractivity contribution is 0.0948. The fourth-order valence-electron chi connectivity index (χ4n) is 6.16. The molecule has 9 nitrogen and oxygen atoms in total. The summed E-state index contributed by atoms with van der Waals surface area (Å²) >= 11 is 6.01. The monoisotopic (exact) mass is 559 g/mol. The van der Waals surface area contributed by atoms with E-state index in [1.165, 1.54) is 18.2 Å². The van der Waals surface area contributed by atoms with E-state index in [1.54, 1.807) is 6.20 Å². The van der Waals surface area contributed by atoms with Gasteiger partial charge in [-0.2, -0.15) is 5.10 Å². The van der Waals surface area contributed by atoms with E-state index in [0.29, 0.717) is 30.9 Å². The maximum absolute atomic E-state index is 14.0. The Bertz CT molecular complexity index is 1700. The third kappa shape index (κ3) is 4.23. The van der Waals surface area contributed by atoms with Crippen molar-refractivity contribution in [2.75, 3.05) is 31.1 Å². The van der Waals surface area contributed by atoms with Gasteiger partial charge in [-0.25, -0.2) is 13.9 Å².